The third-order valence-corrected chi connectivity index (χ3v) is 4.14. The van der Waals surface area contributed by atoms with Crippen molar-refractivity contribution in [3.63, 3.8) is 0 Å². The predicted octanol–water partition coefficient (Wildman–Crippen LogP) is 1.66. The van der Waals surface area contributed by atoms with Gasteiger partial charge in [-0.05, 0) is 38.8 Å². The van der Waals surface area contributed by atoms with Gasteiger partial charge < -0.3 is 9.80 Å². The van der Waals surface area contributed by atoms with Crippen molar-refractivity contribution in [3.05, 3.63) is 0 Å². The van der Waals surface area contributed by atoms with Crippen LogP contribution in [-0.2, 0) is 4.79 Å². The number of hydrogen-bond acceptors (Lipinski definition) is 3. The van der Waals surface area contributed by atoms with Crippen molar-refractivity contribution in [1.29, 1.82) is 0 Å². The molecule has 1 saturated heterocycles. The zero-order valence-electron chi connectivity index (χ0n) is 13.1. The highest BCUT2D eigenvalue weighted by atomic mass is 16.2. The molecule has 1 saturated carbocycles. The SMILES string of the molecule is CCCC1NC2(CC2)C(=O)N1CC(C)(C)CN(C)C. The second kappa shape index (κ2) is 5.06. The van der Waals surface area contributed by atoms with E-state index in [4.69, 9.17) is 0 Å². The predicted molar refractivity (Wildman–Crippen MR) is 77.8 cm³/mol. The molecule has 0 radical (unpaired) electrons. The summed E-state index contributed by atoms with van der Waals surface area (Å²) in [6.45, 7) is 8.54. The molecule has 110 valence electrons. The van der Waals surface area contributed by atoms with Crippen LogP contribution in [0, 0.1) is 5.41 Å². The van der Waals surface area contributed by atoms with Crippen LogP contribution in [0.4, 0.5) is 0 Å². The summed E-state index contributed by atoms with van der Waals surface area (Å²) in [4.78, 5) is 16.9. The normalized spacial score (nSPS) is 25.7. The van der Waals surface area contributed by atoms with E-state index in [0.717, 1.165) is 38.8 Å². The van der Waals surface area contributed by atoms with Gasteiger partial charge in [-0.25, -0.2) is 0 Å². The first-order valence-electron chi connectivity index (χ1n) is 7.53. The third-order valence-electron chi connectivity index (χ3n) is 4.14. The first-order valence-corrected chi connectivity index (χ1v) is 7.53. The van der Waals surface area contributed by atoms with E-state index in [2.05, 4.69) is 50.0 Å². The lowest BCUT2D eigenvalue weighted by atomic mass is 9.91. The maximum absolute atomic E-state index is 12.6. The summed E-state index contributed by atoms with van der Waals surface area (Å²) in [5.41, 5.74) is -0.0404. The molecule has 1 atom stereocenters. The van der Waals surface area contributed by atoms with E-state index < -0.39 is 0 Å². The Kier molecular flexibility index (Phi) is 3.94. The van der Waals surface area contributed by atoms with Gasteiger partial charge in [-0.3, -0.25) is 10.1 Å². The van der Waals surface area contributed by atoms with E-state index >= 15 is 0 Å². The maximum Gasteiger partial charge on any atom is 0.244 e. The Bertz CT molecular complexity index is 347. The first-order chi connectivity index (χ1) is 8.80. The highest BCUT2D eigenvalue weighted by molar-refractivity contribution is 5.91. The lowest BCUT2D eigenvalue weighted by Crippen LogP contribution is -2.45. The molecule has 0 aromatic carbocycles. The summed E-state index contributed by atoms with van der Waals surface area (Å²) < 4.78 is 0. The van der Waals surface area contributed by atoms with Gasteiger partial charge in [0, 0.05) is 13.1 Å². The van der Waals surface area contributed by atoms with Crippen molar-refractivity contribution >= 4 is 5.91 Å². The molecule has 1 aliphatic carbocycles. The Morgan fingerprint density at radius 2 is 2.05 bits per heavy atom. The molecular formula is C15H29N3O. The molecule has 19 heavy (non-hydrogen) atoms. The Labute approximate surface area is 117 Å². The van der Waals surface area contributed by atoms with E-state index in [9.17, 15) is 4.79 Å². The smallest absolute Gasteiger partial charge is 0.244 e. The highest BCUT2D eigenvalue weighted by Crippen LogP contribution is 2.43. The van der Waals surface area contributed by atoms with E-state index in [1.807, 2.05) is 0 Å². The van der Waals surface area contributed by atoms with Crippen LogP contribution in [0.5, 0.6) is 0 Å². The number of carbonyl (C=O) groups is 1. The molecular weight excluding hydrogens is 238 g/mol. The van der Waals surface area contributed by atoms with Gasteiger partial charge in [0.1, 0.15) is 0 Å². The molecule has 1 N–H and O–H groups in total. The van der Waals surface area contributed by atoms with Crippen molar-refractivity contribution in [3.8, 4) is 0 Å². The highest BCUT2D eigenvalue weighted by Gasteiger charge is 2.59. The van der Waals surface area contributed by atoms with Gasteiger partial charge in [0.25, 0.3) is 0 Å². The fraction of sp³-hybridized carbons (Fsp3) is 0.933. The van der Waals surface area contributed by atoms with Crippen molar-refractivity contribution in [2.75, 3.05) is 27.2 Å². The van der Waals surface area contributed by atoms with Crippen LogP contribution in [0.25, 0.3) is 0 Å². The zero-order valence-corrected chi connectivity index (χ0v) is 13.1. The van der Waals surface area contributed by atoms with Crippen LogP contribution < -0.4 is 5.32 Å². The van der Waals surface area contributed by atoms with Gasteiger partial charge in [-0.15, -0.1) is 0 Å². The summed E-state index contributed by atoms with van der Waals surface area (Å²) in [5, 5.41) is 3.58. The largest absolute Gasteiger partial charge is 0.325 e. The molecule has 1 heterocycles. The summed E-state index contributed by atoms with van der Waals surface area (Å²) >= 11 is 0. The molecule has 1 unspecified atom stereocenters. The van der Waals surface area contributed by atoms with E-state index in [1.54, 1.807) is 0 Å². The topological polar surface area (TPSA) is 35.6 Å². The zero-order chi connectivity index (χ0) is 14.3. The summed E-state index contributed by atoms with van der Waals surface area (Å²) in [5.74, 6) is 0.345. The van der Waals surface area contributed by atoms with Crippen molar-refractivity contribution < 1.29 is 4.79 Å². The van der Waals surface area contributed by atoms with Gasteiger partial charge in [-0.2, -0.15) is 0 Å². The number of amides is 1. The Morgan fingerprint density at radius 1 is 1.42 bits per heavy atom. The summed E-state index contributed by atoms with van der Waals surface area (Å²) in [6.07, 6.45) is 4.48. The average Bonchev–Trinajstić information content (AvgIpc) is 2.99. The maximum atomic E-state index is 12.6. The quantitative estimate of drug-likeness (QED) is 0.795. The Balaban J connectivity index is 2.05. The third kappa shape index (κ3) is 3.11. The molecule has 1 spiro atoms. The lowest BCUT2D eigenvalue weighted by molar-refractivity contribution is -0.132. The monoisotopic (exact) mass is 267 g/mol. The van der Waals surface area contributed by atoms with Crippen molar-refractivity contribution in [2.24, 2.45) is 5.41 Å². The Morgan fingerprint density at radius 3 is 2.53 bits per heavy atom. The molecule has 0 bridgehead atoms. The molecule has 0 aromatic heterocycles. The minimum absolute atomic E-state index is 0.132. The summed E-state index contributed by atoms with van der Waals surface area (Å²) in [6, 6.07) is 0. The first kappa shape index (κ1) is 14.8. The van der Waals surface area contributed by atoms with Crippen LogP contribution in [0.1, 0.15) is 46.5 Å². The Hall–Kier alpha value is -0.610. The minimum Gasteiger partial charge on any atom is -0.325 e. The van der Waals surface area contributed by atoms with Gasteiger partial charge >= 0.3 is 0 Å². The number of carbonyl (C=O) groups excluding carboxylic acids is 1. The van der Waals surface area contributed by atoms with Crippen LogP contribution in [0.2, 0.25) is 0 Å². The molecule has 4 heteroatoms. The van der Waals surface area contributed by atoms with E-state index in [-0.39, 0.29) is 17.1 Å². The van der Waals surface area contributed by atoms with Crippen LogP contribution in [-0.4, -0.2) is 54.6 Å². The number of hydrogen-bond donors (Lipinski definition) is 1. The van der Waals surface area contributed by atoms with Gasteiger partial charge in [0.15, 0.2) is 0 Å². The number of rotatable bonds is 6. The fourth-order valence-corrected chi connectivity index (χ4v) is 3.41. The van der Waals surface area contributed by atoms with Crippen LogP contribution in [0.3, 0.4) is 0 Å². The standard InChI is InChI=1S/C15H29N3O/c1-6-7-12-16-15(8-9-15)13(19)18(12)11-14(2,3)10-17(4)5/h12,16H,6-11H2,1-5H3. The molecule has 1 amide bonds. The van der Waals surface area contributed by atoms with Gasteiger partial charge in [0.05, 0.1) is 11.7 Å². The second-order valence-corrected chi connectivity index (χ2v) is 7.37. The minimum atomic E-state index is -0.173. The molecule has 2 fully saturated rings. The van der Waals surface area contributed by atoms with Gasteiger partial charge in [0.2, 0.25) is 5.91 Å². The van der Waals surface area contributed by atoms with E-state index in [1.165, 1.54) is 0 Å². The number of nitrogens with zero attached hydrogens (tertiary/aromatic N) is 2. The van der Waals surface area contributed by atoms with Crippen LogP contribution in [0.15, 0.2) is 0 Å². The summed E-state index contributed by atoms with van der Waals surface area (Å²) in [7, 11) is 4.19. The van der Waals surface area contributed by atoms with Crippen LogP contribution >= 0.6 is 0 Å². The lowest BCUT2D eigenvalue weighted by Gasteiger charge is -2.35. The van der Waals surface area contributed by atoms with Gasteiger partial charge in [-0.1, -0.05) is 27.2 Å². The van der Waals surface area contributed by atoms with Crippen molar-refractivity contribution in [2.45, 2.75) is 58.2 Å². The molecule has 2 aliphatic rings. The fourth-order valence-electron chi connectivity index (χ4n) is 3.41. The average molecular weight is 267 g/mol. The molecule has 2 rings (SSSR count). The second-order valence-electron chi connectivity index (χ2n) is 7.37. The van der Waals surface area contributed by atoms with E-state index in [0.29, 0.717) is 5.91 Å². The molecule has 1 aliphatic heterocycles. The molecule has 4 nitrogen and oxygen atoms in total. The van der Waals surface area contributed by atoms with Crippen molar-refractivity contribution in [1.82, 2.24) is 15.1 Å². The molecule has 0 aromatic rings. The number of nitrogens with one attached hydrogen (secondary N) is 1.